The van der Waals surface area contributed by atoms with E-state index in [0.717, 1.165) is 36.4 Å². The van der Waals surface area contributed by atoms with Crippen LogP contribution in [0.15, 0.2) is 77.7 Å². The Bertz CT molecular complexity index is 1510. The Kier molecular flexibility index (Phi) is 10.9. The Morgan fingerprint density at radius 1 is 0.953 bits per heavy atom. The molecule has 0 unspecified atom stereocenters. The number of carbonyl (C=O) groups is 2. The standard InChI is InChI=1S/C32H38ClN3O6S/c1-23(32(38)34-26-12-5-4-6-13-26)35(21-24-10-9-11-25(33)20-24)31(37)22-36(29-14-7-8-15-30(29)42-3)43(39,40)28-18-16-27(41-2)17-19-28/h7-11,14-20,23,26H,4-6,12-13,21-22H2,1-3H3,(H,34,38)/t23-/m1/s1. The van der Waals surface area contributed by atoms with E-state index in [-0.39, 0.29) is 34.8 Å². The van der Waals surface area contributed by atoms with Crippen LogP contribution in [0.1, 0.15) is 44.6 Å². The number of rotatable bonds is 12. The third-order valence-corrected chi connectivity index (χ3v) is 9.65. The highest BCUT2D eigenvalue weighted by molar-refractivity contribution is 7.92. The molecule has 1 N–H and O–H groups in total. The van der Waals surface area contributed by atoms with Crippen LogP contribution in [0.25, 0.3) is 0 Å². The monoisotopic (exact) mass is 627 g/mol. The van der Waals surface area contributed by atoms with Crippen molar-refractivity contribution in [1.29, 1.82) is 0 Å². The van der Waals surface area contributed by atoms with Gasteiger partial charge in [-0.25, -0.2) is 8.42 Å². The molecule has 0 aromatic heterocycles. The van der Waals surface area contributed by atoms with Crippen molar-refractivity contribution >= 4 is 39.1 Å². The quantitative estimate of drug-likeness (QED) is 0.288. The largest absolute Gasteiger partial charge is 0.497 e. The van der Waals surface area contributed by atoms with Gasteiger partial charge in [-0.15, -0.1) is 0 Å². The molecule has 1 aliphatic rings. The van der Waals surface area contributed by atoms with Crippen molar-refractivity contribution in [2.24, 2.45) is 0 Å². The lowest BCUT2D eigenvalue weighted by Gasteiger charge is -2.33. The van der Waals surface area contributed by atoms with Crippen LogP contribution in [-0.4, -0.2) is 58.0 Å². The van der Waals surface area contributed by atoms with E-state index in [1.807, 2.05) is 6.07 Å². The van der Waals surface area contributed by atoms with Gasteiger partial charge in [0.25, 0.3) is 10.0 Å². The van der Waals surface area contributed by atoms with Crippen LogP contribution in [-0.2, 0) is 26.2 Å². The maximum absolute atomic E-state index is 14.2. The van der Waals surface area contributed by atoms with E-state index in [0.29, 0.717) is 16.3 Å². The average molecular weight is 628 g/mol. The second kappa shape index (κ2) is 14.6. The number of carbonyl (C=O) groups excluding carboxylic acids is 2. The summed E-state index contributed by atoms with van der Waals surface area (Å²) in [5, 5.41) is 3.59. The Hall–Kier alpha value is -3.76. The van der Waals surface area contributed by atoms with Gasteiger partial charge in [-0.05, 0) is 73.9 Å². The maximum atomic E-state index is 14.2. The van der Waals surface area contributed by atoms with Gasteiger partial charge < -0.3 is 19.7 Å². The van der Waals surface area contributed by atoms with Crippen molar-refractivity contribution < 1.29 is 27.5 Å². The van der Waals surface area contributed by atoms with Gasteiger partial charge in [-0.2, -0.15) is 0 Å². The summed E-state index contributed by atoms with van der Waals surface area (Å²) in [4.78, 5) is 29.0. The summed E-state index contributed by atoms with van der Waals surface area (Å²) in [6, 6.07) is 18.7. The summed E-state index contributed by atoms with van der Waals surface area (Å²) in [5.74, 6) is -0.0837. The van der Waals surface area contributed by atoms with E-state index >= 15 is 0 Å². The minimum absolute atomic E-state index is 0.0310. The van der Waals surface area contributed by atoms with Gasteiger partial charge in [0.2, 0.25) is 11.8 Å². The topological polar surface area (TPSA) is 105 Å². The smallest absolute Gasteiger partial charge is 0.264 e. The van der Waals surface area contributed by atoms with E-state index in [1.54, 1.807) is 49.4 Å². The zero-order chi connectivity index (χ0) is 31.0. The molecule has 1 atom stereocenters. The van der Waals surface area contributed by atoms with Crippen molar-refractivity contribution in [3.05, 3.63) is 83.4 Å². The molecule has 0 bridgehead atoms. The number of nitrogens with one attached hydrogen (secondary N) is 1. The molecule has 3 aromatic carbocycles. The fourth-order valence-corrected chi connectivity index (χ4v) is 6.84. The molecule has 1 aliphatic carbocycles. The molecule has 0 radical (unpaired) electrons. The van der Waals surface area contributed by atoms with Crippen molar-refractivity contribution in [1.82, 2.24) is 10.2 Å². The number of ether oxygens (including phenoxy) is 2. The first-order chi connectivity index (χ1) is 20.6. The van der Waals surface area contributed by atoms with Crippen LogP contribution in [0.2, 0.25) is 5.02 Å². The second-order valence-corrected chi connectivity index (χ2v) is 12.8. The number of hydrogen-bond donors (Lipinski definition) is 1. The van der Waals surface area contributed by atoms with Gasteiger partial charge in [0.15, 0.2) is 0 Å². The number of methoxy groups -OCH3 is 2. The Morgan fingerprint density at radius 2 is 1.65 bits per heavy atom. The number of benzene rings is 3. The number of amides is 2. The third kappa shape index (κ3) is 8.00. The van der Waals surface area contributed by atoms with E-state index in [9.17, 15) is 18.0 Å². The first-order valence-corrected chi connectivity index (χ1v) is 16.1. The fourth-order valence-electron chi connectivity index (χ4n) is 5.21. The van der Waals surface area contributed by atoms with Gasteiger partial charge in [-0.1, -0.05) is 55.1 Å². The molecular formula is C32H38ClN3O6S. The maximum Gasteiger partial charge on any atom is 0.264 e. The minimum atomic E-state index is -4.26. The van der Waals surface area contributed by atoms with Crippen molar-refractivity contribution in [3.63, 3.8) is 0 Å². The van der Waals surface area contributed by atoms with E-state index in [2.05, 4.69) is 5.32 Å². The summed E-state index contributed by atoms with van der Waals surface area (Å²) in [5.41, 5.74) is 0.899. The lowest BCUT2D eigenvalue weighted by atomic mass is 9.95. The predicted molar refractivity (Wildman–Crippen MR) is 167 cm³/mol. The minimum Gasteiger partial charge on any atom is -0.497 e. The molecule has 9 nitrogen and oxygen atoms in total. The Morgan fingerprint density at radius 3 is 2.30 bits per heavy atom. The third-order valence-electron chi connectivity index (χ3n) is 7.64. The number of nitrogens with zero attached hydrogens (tertiary/aromatic N) is 2. The Balaban J connectivity index is 1.71. The summed E-state index contributed by atoms with van der Waals surface area (Å²) < 4.78 is 39.9. The van der Waals surface area contributed by atoms with Gasteiger partial charge in [0.05, 0.1) is 24.8 Å². The van der Waals surface area contributed by atoms with Crippen molar-refractivity contribution in [3.8, 4) is 11.5 Å². The number of hydrogen-bond acceptors (Lipinski definition) is 6. The summed E-state index contributed by atoms with van der Waals surface area (Å²) in [7, 11) is -1.34. The lowest BCUT2D eigenvalue weighted by Crippen LogP contribution is -2.53. The number of sulfonamides is 1. The molecule has 0 saturated heterocycles. The van der Waals surface area contributed by atoms with Gasteiger partial charge >= 0.3 is 0 Å². The molecule has 43 heavy (non-hydrogen) atoms. The molecular weight excluding hydrogens is 590 g/mol. The lowest BCUT2D eigenvalue weighted by molar-refractivity contribution is -0.139. The fraction of sp³-hybridized carbons (Fsp3) is 0.375. The Labute approximate surface area is 258 Å². The summed E-state index contributed by atoms with van der Waals surface area (Å²) in [6.07, 6.45) is 5.01. The van der Waals surface area contributed by atoms with Crippen LogP contribution in [0.3, 0.4) is 0 Å². The zero-order valence-electron chi connectivity index (χ0n) is 24.7. The van der Waals surface area contributed by atoms with Crippen LogP contribution in [0.4, 0.5) is 5.69 Å². The van der Waals surface area contributed by atoms with Crippen LogP contribution >= 0.6 is 11.6 Å². The SMILES string of the molecule is COc1ccc(S(=O)(=O)N(CC(=O)N(Cc2cccc(Cl)c2)[C@H](C)C(=O)NC2CCCCC2)c2ccccc2OC)cc1. The number of halogens is 1. The number of anilines is 1. The second-order valence-electron chi connectivity index (χ2n) is 10.5. The highest BCUT2D eigenvalue weighted by atomic mass is 35.5. The van der Waals surface area contributed by atoms with Crippen molar-refractivity contribution in [2.45, 2.75) is 62.6 Å². The molecule has 0 spiro atoms. The molecule has 11 heteroatoms. The summed E-state index contributed by atoms with van der Waals surface area (Å²) >= 11 is 6.23. The van der Waals surface area contributed by atoms with E-state index < -0.39 is 28.5 Å². The molecule has 1 fully saturated rings. The summed E-state index contributed by atoms with van der Waals surface area (Å²) in [6.45, 7) is 1.14. The van der Waals surface area contributed by atoms with E-state index in [4.69, 9.17) is 21.1 Å². The molecule has 1 saturated carbocycles. The molecule has 230 valence electrons. The first-order valence-electron chi connectivity index (χ1n) is 14.3. The average Bonchev–Trinajstić information content (AvgIpc) is 3.02. The number of para-hydroxylation sites is 2. The van der Waals surface area contributed by atoms with Crippen molar-refractivity contribution in [2.75, 3.05) is 25.1 Å². The highest BCUT2D eigenvalue weighted by Gasteiger charge is 2.34. The molecule has 3 aromatic rings. The van der Waals surface area contributed by atoms with Gasteiger partial charge in [0.1, 0.15) is 24.1 Å². The normalized spacial score (nSPS) is 14.4. The van der Waals surface area contributed by atoms with E-state index in [1.165, 1.54) is 43.4 Å². The predicted octanol–water partition coefficient (Wildman–Crippen LogP) is 5.42. The van der Waals surface area contributed by atoms with Crippen LogP contribution < -0.4 is 19.1 Å². The highest BCUT2D eigenvalue weighted by Crippen LogP contribution is 2.33. The molecule has 2 amide bonds. The van der Waals surface area contributed by atoms with Crippen LogP contribution in [0.5, 0.6) is 11.5 Å². The zero-order valence-corrected chi connectivity index (χ0v) is 26.2. The van der Waals surface area contributed by atoms with Crippen LogP contribution in [0, 0.1) is 0 Å². The molecule has 0 heterocycles. The molecule has 0 aliphatic heterocycles. The first kappa shape index (κ1) is 32.2. The molecule has 4 rings (SSSR count). The van der Waals surface area contributed by atoms with Gasteiger partial charge in [0, 0.05) is 17.6 Å². The van der Waals surface area contributed by atoms with Gasteiger partial charge in [-0.3, -0.25) is 13.9 Å².